The highest BCUT2D eigenvalue weighted by molar-refractivity contribution is 6.23. The number of allylic oxidation sites excluding steroid dienone is 1. The number of fused-ring (bicyclic) bond motifs is 11. The molecule has 0 aliphatic carbocycles. The highest BCUT2D eigenvalue weighted by atomic mass is 15.0. The Hall–Kier alpha value is -6.51. The van der Waals surface area contributed by atoms with Crippen LogP contribution in [0.4, 0.5) is 0 Å². The van der Waals surface area contributed by atoms with E-state index in [0.29, 0.717) is 0 Å². The molecular weight excluding hydrogens is 593 g/mol. The van der Waals surface area contributed by atoms with Crippen LogP contribution >= 0.6 is 0 Å². The van der Waals surface area contributed by atoms with Gasteiger partial charge in [-0.2, -0.15) is 0 Å². The Balaban J connectivity index is 1.37. The molecule has 2 nitrogen and oxygen atoms in total. The maximum Gasteiger partial charge on any atom is 0.146 e. The van der Waals surface area contributed by atoms with Gasteiger partial charge < -0.3 is 0 Å². The van der Waals surface area contributed by atoms with Gasteiger partial charge in [0.25, 0.3) is 0 Å². The Bertz CT molecular complexity index is 3090. The molecular formula is C47H30N2. The molecule has 49 heavy (non-hydrogen) atoms. The second-order valence-corrected chi connectivity index (χ2v) is 12.9. The molecule has 0 radical (unpaired) electrons. The Morgan fingerprint density at radius 2 is 1.14 bits per heavy atom. The molecule has 8 aromatic carbocycles. The predicted molar refractivity (Wildman–Crippen MR) is 211 cm³/mol. The van der Waals surface area contributed by atoms with Crippen molar-refractivity contribution in [2.75, 3.05) is 0 Å². The van der Waals surface area contributed by atoms with Gasteiger partial charge in [-0.3, -0.25) is 4.40 Å². The van der Waals surface area contributed by atoms with E-state index in [0.717, 1.165) is 43.6 Å². The molecule has 0 unspecified atom stereocenters. The number of pyridine rings is 1. The minimum atomic E-state index is 0.982. The van der Waals surface area contributed by atoms with Crippen LogP contribution in [0.15, 0.2) is 158 Å². The predicted octanol–water partition coefficient (Wildman–Crippen LogP) is 11.0. The Kier molecular flexibility index (Phi) is 5.91. The maximum absolute atomic E-state index is 5.23. The molecule has 0 N–H and O–H groups in total. The second-order valence-electron chi connectivity index (χ2n) is 12.9. The number of hydrogen-bond acceptors (Lipinski definition) is 1. The van der Waals surface area contributed by atoms with Crippen LogP contribution in [0.2, 0.25) is 0 Å². The zero-order valence-corrected chi connectivity index (χ0v) is 26.8. The lowest BCUT2D eigenvalue weighted by atomic mass is 9.85. The van der Waals surface area contributed by atoms with E-state index in [1.807, 2.05) is 6.08 Å². The Morgan fingerprint density at radius 1 is 0.510 bits per heavy atom. The van der Waals surface area contributed by atoms with Crippen molar-refractivity contribution < 1.29 is 0 Å². The standard InChI is InChI=1S/C47H30N2/c1-3-13-33-29(2)14-12-21-35(33)46-38-19-8-6-17-36(38)45(37-18-7-9-20-39(37)46)32-24-25-34-40-26-30-15-4-5-16-31(30)27-41(40)47-48-42-22-10-11-23-43(42)49(47)44(34)28-32/h3-28H,1-2H2/b33-13+. The molecule has 0 bridgehead atoms. The van der Waals surface area contributed by atoms with Crippen LogP contribution in [0.5, 0.6) is 0 Å². The molecule has 10 rings (SSSR count). The van der Waals surface area contributed by atoms with Gasteiger partial charge in [0.05, 0.1) is 16.6 Å². The van der Waals surface area contributed by atoms with Gasteiger partial charge in [0, 0.05) is 10.8 Å². The molecule has 10 aromatic rings. The highest BCUT2D eigenvalue weighted by Gasteiger charge is 2.19. The number of rotatable bonds is 3. The van der Waals surface area contributed by atoms with Gasteiger partial charge in [-0.1, -0.05) is 141 Å². The van der Waals surface area contributed by atoms with Crippen LogP contribution < -0.4 is 10.4 Å². The first-order chi connectivity index (χ1) is 24.2. The van der Waals surface area contributed by atoms with Crippen LogP contribution in [0.3, 0.4) is 0 Å². The summed E-state index contributed by atoms with van der Waals surface area (Å²) >= 11 is 0. The summed E-state index contributed by atoms with van der Waals surface area (Å²) in [6.07, 6.45) is 3.93. The molecule has 0 spiro atoms. The Labute approximate surface area is 282 Å². The normalized spacial score (nSPS) is 12.4. The summed E-state index contributed by atoms with van der Waals surface area (Å²) in [6, 6.07) is 52.8. The molecule has 2 aromatic heterocycles. The van der Waals surface area contributed by atoms with E-state index in [1.54, 1.807) is 0 Å². The topological polar surface area (TPSA) is 17.3 Å². The van der Waals surface area contributed by atoms with E-state index in [4.69, 9.17) is 4.98 Å². The molecule has 0 atom stereocenters. The second kappa shape index (κ2) is 10.5. The van der Waals surface area contributed by atoms with E-state index in [9.17, 15) is 0 Å². The van der Waals surface area contributed by atoms with Crippen molar-refractivity contribution >= 4 is 83.3 Å². The van der Waals surface area contributed by atoms with Crippen molar-refractivity contribution in [1.29, 1.82) is 0 Å². The number of nitrogens with zero attached hydrogens (tertiary/aromatic N) is 2. The van der Waals surface area contributed by atoms with Crippen molar-refractivity contribution in [2.45, 2.75) is 0 Å². The first kappa shape index (κ1) is 27.6. The number of aromatic nitrogens is 2. The van der Waals surface area contributed by atoms with Crippen molar-refractivity contribution in [1.82, 2.24) is 9.38 Å². The van der Waals surface area contributed by atoms with Gasteiger partial charge >= 0.3 is 0 Å². The van der Waals surface area contributed by atoms with Crippen LogP contribution in [0, 0.1) is 0 Å². The van der Waals surface area contributed by atoms with Gasteiger partial charge in [0.1, 0.15) is 5.65 Å². The van der Waals surface area contributed by atoms with E-state index < -0.39 is 0 Å². The average Bonchev–Trinajstić information content (AvgIpc) is 3.54. The zero-order chi connectivity index (χ0) is 32.6. The van der Waals surface area contributed by atoms with E-state index in [1.165, 1.54) is 59.8 Å². The fourth-order valence-electron chi connectivity index (χ4n) is 8.07. The lowest BCUT2D eigenvalue weighted by molar-refractivity contribution is 1.32. The third-order valence-electron chi connectivity index (χ3n) is 10.2. The molecule has 0 saturated heterocycles. The molecule has 2 heterocycles. The first-order valence-corrected chi connectivity index (χ1v) is 16.7. The smallest absolute Gasteiger partial charge is 0.146 e. The third-order valence-corrected chi connectivity index (χ3v) is 10.2. The van der Waals surface area contributed by atoms with Crippen LogP contribution in [-0.4, -0.2) is 9.38 Å². The molecule has 0 aliphatic rings. The van der Waals surface area contributed by atoms with E-state index in [2.05, 4.69) is 169 Å². The Morgan fingerprint density at radius 3 is 1.86 bits per heavy atom. The fraction of sp³-hybridized carbons (Fsp3) is 0. The van der Waals surface area contributed by atoms with Crippen LogP contribution in [0.1, 0.15) is 0 Å². The van der Waals surface area contributed by atoms with Crippen molar-refractivity contribution in [3.8, 4) is 22.3 Å². The van der Waals surface area contributed by atoms with Crippen molar-refractivity contribution in [2.24, 2.45) is 0 Å². The van der Waals surface area contributed by atoms with E-state index >= 15 is 0 Å². The molecule has 228 valence electrons. The van der Waals surface area contributed by atoms with Gasteiger partial charge in [0.2, 0.25) is 0 Å². The summed E-state index contributed by atoms with van der Waals surface area (Å²) in [6.45, 7) is 8.39. The summed E-state index contributed by atoms with van der Waals surface area (Å²) in [5.74, 6) is 0. The SMILES string of the molecule is C=C/C=c1/c(-c2c3ccccc3c(-c3ccc4c5cc6ccccc6cc5c5nc6ccccc6n5c4c3)c3ccccc23)cccc1=C. The van der Waals surface area contributed by atoms with Crippen LogP contribution in [-0.2, 0) is 0 Å². The van der Waals surface area contributed by atoms with Gasteiger partial charge in [-0.25, -0.2) is 4.98 Å². The first-order valence-electron chi connectivity index (χ1n) is 16.7. The average molecular weight is 623 g/mol. The van der Waals surface area contributed by atoms with Gasteiger partial charge in [0.15, 0.2) is 0 Å². The summed E-state index contributed by atoms with van der Waals surface area (Å²) in [5, 5.41) is 13.0. The maximum atomic E-state index is 5.23. The molecule has 0 saturated carbocycles. The molecule has 0 fully saturated rings. The molecule has 0 aliphatic heterocycles. The highest BCUT2D eigenvalue weighted by Crippen LogP contribution is 2.44. The monoisotopic (exact) mass is 622 g/mol. The lowest BCUT2D eigenvalue weighted by Crippen LogP contribution is -2.24. The summed E-state index contributed by atoms with van der Waals surface area (Å²) in [5.41, 5.74) is 9.02. The van der Waals surface area contributed by atoms with Crippen LogP contribution in [0.25, 0.3) is 106 Å². The third kappa shape index (κ3) is 3.98. The fourth-order valence-corrected chi connectivity index (χ4v) is 8.07. The summed E-state index contributed by atoms with van der Waals surface area (Å²) < 4.78 is 2.36. The van der Waals surface area contributed by atoms with Crippen molar-refractivity contribution in [3.63, 3.8) is 0 Å². The summed E-state index contributed by atoms with van der Waals surface area (Å²) in [7, 11) is 0. The van der Waals surface area contributed by atoms with Gasteiger partial charge in [-0.15, -0.1) is 0 Å². The number of benzene rings is 8. The quantitative estimate of drug-likeness (QED) is 0.142. The van der Waals surface area contributed by atoms with Gasteiger partial charge in [-0.05, 0) is 101 Å². The minimum Gasteiger partial charge on any atom is -0.292 e. The van der Waals surface area contributed by atoms with Crippen molar-refractivity contribution in [3.05, 3.63) is 169 Å². The minimum absolute atomic E-state index is 0.982. The zero-order valence-electron chi connectivity index (χ0n) is 26.8. The lowest BCUT2D eigenvalue weighted by Gasteiger charge is -2.19. The molecule has 0 amide bonds. The number of imidazole rings is 1. The summed E-state index contributed by atoms with van der Waals surface area (Å²) in [4.78, 5) is 5.23. The van der Waals surface area contributed by atoms with E-state index in [-0.39, 0.29) is 0 Å². The largest absolute Gasteiger partial charge is 0.292 e. The number of hydrogen-bond donors (Lipinski definition) is 0. The number of para-hydroxylation sites is 2. The molecule has 2 heteroatoms.